The van der Waals surface area contributed by atoms with Gasteiger partial charge in [-0.3, -0.25) is 10.3 Å². The van der Waals surface area contributed by atoms with E-state index in [1.807, 2.05) is 0 Å². The number of nitrogens with one attached hydrogen (secondary N) is 1. The number of hydrogen-bond donors (Lipinski definition) is 7. The number of guanidine groups is 1. The fourth-order valence-electron chi connectivity index (χ4n) is 2.30. The molecule has 0 spiro atoms. The average Bonchev–Trinajstić information content (AvgIpc) is 2.84. The third-order valence-electron chi connectivity index (χ3n) is 3.30. The molecular formula is C10H21N6O10P3. The number of ether oxygens (including phenoxy) is 1. The Morgan fingerprint density at radius 3 is 2.45 bits per heavy atom. The molecule has 0 amide bonds. The number of fused-ring (bicyclic) bond motifs is 1. The molecule has 0 aromatic carbocycles. The molecule has 3 atom stereocenters. The molecule has 0 saturated heterocycles. The highest BCUT2D eigenvalue weighted by atomic mass is 31.3. The van der Waals surface area contributed by atoms with E-state index in [0.29, 0.717) is 11.4 Å². The third-order valence-corrected chi connectivity index (χ3v) is 7.28. The maximum atomic E-state index is 11.9. The number of nitrogens with zero attached hydrogens (tertiary/aromatic N) is 3. The molecule has 1 aromatic heterocycles. The van der Waals surface area contributed by atoms with Gasteiger partial charge < -0.3 is 35.4 Å². The van der Waals surface area contributed by atoms with Gasteiger partial charge in [0.15, 0.2) is 18.1 Å². The van der Waals surface area contributed by atoms with E-state index in [0.717, 1.165) is 0 Å². The second-order valence-electron chi connectivity index (χ2n) is 6.49. The number of nitrogens with two attached hydrogens (primary N) is 2. The lowest BCUT2D eigenvalue weighted by Gasteiger charge is -2.27. The molecule has 0 aliphatic carbocycles. The Labute approximate surface area is 164 Å². The molecule has 29 heavy (non-hydrogen) atoms. The van der Waals surface area contributed by atoms with Gasteiger partial charge in [0.2, 0.25) is 0 Å². The topological polar surface area (TPSA) is 254 Å². The first-order valence-corrected chi connectivity index (χ1v) is 12.5. The summed E-state index contributed by atoms with van der Waals surface area (Å²) in [5.41, 5.74) is 10.9. The van der Waals surface area contributed by atoms with Gasteiger partial charge in [-0.1, -0.05) is 0 Å². The van der Waals surface area contributed by atoms with E-state index in [2.05, 4.69) is 24.0 Å². The Kier molecular flexibility index (Phi) is 6.80. The van der Waals surface area contributed by atoms with Crippen molar-refractivity contribution in [2.75, 3.05) is 6.35 Å². The molecular weight excluding hydrogens is 457 g/mol. The number of aromatic nitrogens is 2. The van der Waals surface area contributed by atoms with Crippen LogP contribution in [0, 0.1) is 0 Å². The second-order valence-corrected chi connectivity index (χ2v) is 11.3. The molecule has 1 aliphatic heterocycles. The van der Waals surface area contributed by atoms with Crippen LogP contribution in [0.5, 0.6) is 0 Å². The van der Waals surface area contributed by atoms with Gasteiger partial charge in [-0.15, -0.1) is 0 Å². The first-order valence-electron chi connectivity index (χ1n) is 7.68. The van der Waals surface area contributed by atoms with Gasteiger partial charge in [0.1, 0.15) is 6.35 Å². The molecule has 0 fully saturated rings. The lowest BCUT2D eigenvalue weighted by atomic mass is 10.0. The van der Waals surface area contributed by atoms with Crippen LogP contribution in [0.4, 0.5) is 5.82 Å². The van der Waals surface area contributed by atoms with Crippen molar-refractivity contribution in [3.05, 3.63) is 11.8 Å². The zero-order valence-electron chi connectivity index (χ0n) is 15.1. The number of phosphoric acid groups is 2. The number of hydrogen-bond acceptors (Lipinski definition) is 11. The lowest BCUT2D eigenvalue weighted by Crippen LogP contribution is -2.45. The molecule has 9 N–H and O–H groups in total. The van der Waals surface area contributed by atoms with Gasteiger partial charge in [0, 0.05) is 12.0 Å². The standard InChI is InChI=1S/C10H21N6O10P3/c1-10(2,3-6-4-13-16-7(6)14-8(11)15-9(16)12)24-5-27(17,18)25-29(22,23)26-28(19,20)21/h4,9H,3,5,12H2,1-2H3,(H,17,18)(H,22,23)(H3,11,14,15)(H2,19,20,21). The van der Waals surface area contributed by atoms with Crippen molar-refractivity contribution in [2.45, 2.75) is 32.2 Å². The number of rotatable bonds is 9. The van der Waals surface area contributed by atoms with Crippen LogP contribution in [0.1, 0.15) is 25.7 Å². The maximum Gasteiger partial charge on any atom is 0.488 e. The molecule has 0 radical (unpaired) electrons. The summed E-state index contributed by atoms with van der Waals surface area (Å²) in [6, 6.07) is 0. The predicted octanol–water partition coefficient (Wildman–Crippen LogP) is -0.446. The molecule has 0 bridgehead atoms. The Bertz CT molecular complexity index is 941. The maximum absolute atomic E-state index is 11.9. The minimum Gasteiger partial charge on any atom is -0.370 e. The van der Waals surface area contributed by atoms with E-state index >= 15 is 0 Å². The van der Waals surface area contributed by atoms with Gasteiger partial charge in [-0.2, -0.15) is 14.4 Å². The zero-order chi connectivity index (χ0) is 22.3. The smallest absolute Gasteiger partial charge is 0.370 e. The summed E-state index contributed by atoms with van der Waals surface area (Å²) >= 11 is 0. The van der Waals surface area contributed by atoms with E-state index in [1.54, 1.807) is 0 Å². The fraction of sp³-hybridized carbons (Fsp3) is 0.600. The molecule has 0 saturated carbocycles. The van der Waals surface area contributed by atoms with Crippen molar-refractivity contribution in [2.24, 2.45) is 16.5 Å². The molecule has 2 rings (SSSR count). The Morgan fingerprint density at radius 2 is 1.86 bits per heavy atom. The molecule has 1 aliphatic rings. The highest BCUT2D eigenvalue weighted by Gasteiger charge is 2.40. The van der Waals surface area contributed by atoms with Crippen LogP contribution in [0.2, 0.25) is 0 Å². The SMILES string of the molecule is CC(C)(Cc1cnn2c1N=C(N)NC2N)OCP(=O)(O)OP(=O)(O)OP(=O)(O)O. The normalized spacial score (nSPS) is 21.5. The first-order chi connectivity index (χ1) is 13.0. The van der Waals surface area contributed by atoms with Crippen LogP contribution in [-0.2, 0) is 33.5 Å². The van der Waals surface area contributed by atoms with E-state index in [9.17, 15) is 23.5 Å². The Balaban J connectivity index is 2.05. The summed E-state index contributed by atoms with van der Waals surface area (Å²) in [6.07, 6.45) is -0.249. The Hall–Kier alpha value is -1.15. The third kappa shape index (κ3) is 7.24. The highest BCUT2D eigenvalue weighted by Crippen LogP contribution is 2.66. The van der Waals surface area contributed by atoms with Crippen LogP contribution in [0.3, 0.4) is 0 Å². The largest absolute Gasteiger partial charge is 0.488 e. The summed E-state index contributed by atoms with van der Waals surface area (Å²) in [5, 5.41) is 6.73. The zero-order valence-corrected chi connectivity index (χ0v) is 17.8. The molecule has 166 valence electrons. The van der Waals surface area contributed by atoms with E-state index in [1.165, 1.54) is 24.7 Å². The molecule has 2 heterocycles. The van der Waals surface area contributed by atoms with Crippen LogP contribution >= 0.6 is 23.2 Å². The van der Waals surface area contributed by atoms with Gasteiger partial charge in [0.25, 0.3) is 0 Å². The van der Waals surface area contributed by atoms with E-state index in [-0.39, 0.29) is 12.4 Å². The van der Waals surface area contributed by atoms with Crippen molar-refractivity contribution < 1.29 is 46.6 Å². The second kappa shape index (κ2) is 8.17. The van der Waals surface area contributed by atoms with Crippen molar-refractivity contribution >= 4 is 35.0 Å². The average molecular weight is 478 g/mol. The quantitative estimate of drug-likeness (QED) is 0.222. The molecule has 3 unspecified atom stereocenters. The van der Waals surface area contributed by atoms with Gasteiger partial charge in [0.05, 0.1) is 11.8 Å². The van der Waals surface area contributed by atoms with Crippen LogP contribution in [0.15, 0.2) is 11.2 Å². The van der Waals surface area contributed by atoms with Crippen molar-refractivity contribution in [3.8, 4) is 0 Å². The van der Waals surface area contributed by atoms with Crippen LogP contribution in [0.25, 0.3) is 0 Å². The van der Waals surface area contributed by atoms with Crippen LogP contribution < -0.4 is 16.8 Å². The summed E-state index contributed by atoms with van der Waals surface area (Å²) in [6.45, 7) is 3.08. The first kappa shape index (κ1) is 24.1. The summed E-state index contributed by atoms with van der Waals surface area (Å²) in [7, 11) is -15.9. The van der Waals surface area contributed by atoms with Gasteiger partial charge in [-0.25, -0.2) is 18.1 Å². The molecule has 16 nitrogen and oxygen atoms in total. The van der Waals surface area contributed by atoms with Crippen molar-refractivity contribution in [1.82, 2.24) is 15.1 Å². The van der Waals surface area contributed by atoms with Crippen LogP contribution in [-0.4, -0.2) is 47.3 Å². The summed E-state index contributed by atoms with van der Waals surface area (Å²) in [4.78, 5) is 40.0. The molecule has 19 heteroatoms. The highest BCUT2D eigenvalue weighted by molar-refractivity contribution is 7.68. The van der Waals surface area contributed by atoms with Crippen molar-refractivity contribution in [1.29, 1.82) is 0 Å². The molecule has 1 aromatic rings. The lowest BCUT2D eigenvalue weighted by molar-refractivity contribution is 0.00225. The van der Waals surface area contributed by atoms with Gasteiger partial charge in [-0.05, 0) is 13.8 Å². The van der Waals surface area contributed by atoms with E-state index < -0.39 is 41.5 Å². The minimum atomic E-state index is -5.53. The summed E-state index contributed by atoms with van der Waals surface area (Å²) < 4.78 is 48.1. The predicted molar refractivity (Wildman–Crippen MR) is 97.5 cm³/mol. The number of aliphatic imine (C=N–C) groups is 1. The fourth-order valence-corrected chi connectivity index (χ4v) is 5.76. The monoisotopic (exact) mass is 478 g/mol. The van der Waals surface area contributed by atoms with Gasteiger partial charge >= 0.3 is 23.2 Å². The Morgan fingerprint density at radius 1 is 1.24 bits per heavy atom. The summed E-state index contributed by atoms with van der Waals surface area (Å²) in [5.74, 6) is 0.422. The van der Waals surface area contributed by atoms with E-state index in [4.69, 9.17) is 26.0 Å². The minimum absolute atomic E-state index is 0.0717. The van der Waals surface area contributed by atoms with Crippen molar-refractivity contribution in [3.63, 3.8) is 0 Å².